The van der Waals surface area contributed by atoms with Crippen molar-refractivity contribution in [2.24, 2.45) is 7.05 Å². The highest BCUT2D eigenvalue weighted by molar-refractivity contribution is 7.86. The summed E-state index contributed by atoms with van der Waals surface area (Å²) in [5.41, 5.74) is -0.709. The number of likely N-dealkylation sites (tertiary alicyclic amines) is 1. The molecule has 1 aromatic heterocycles. The van der Waals surface area contributed by atoms with Crippen molar-refractivity contribution in [3.8, 4) is 0 Å². The van der Waals surface area contributed by atoms with Crippen molar-refractivity contribution in [1.29, 1.82) is 0 Å². The van der Waals surface area contributed by atoms with Crippen LogP contribution in [0.15, 0.2) is 48.5 Å². The fourth-order valence-corrected chi connectivity index (χ4v) is 5.58. The van der Waals surface area contributed by atoms with E-state index in [-0.39, 0.29) is 5.56 Å². The molecular formula is C21H24F2N2O3S. The van der Waals surface area contributed by atoms with Gasteiger partial charge in [0.25, 0.3) is 10.1 Å². The molecule has 0 bridgehead atoms. The van der Waals surface area contributed by atoms with Crippen LogP contribution in [0.25, 0.3) is 10.9 Å². The van der Waals surface area contributed by atoms with Crippen LogP contribution in [0.3, 0.4) is 0 Å². The highest BCUT2D eigenvalue weighted by Crippen LogP contribution is 2.43. The fraction of sp³-hybridized carbons (Fsp3) is 0.429. The minimum atomic E-state index is -5.00. The summed E-state index contributed by atoms with van der Waals surface area (Å²) >= 11 is 0. The van der Waals surface area contributed by atoms with Crippen molar-refractivity contribution in [3.63, 3.8) is 0 Å². The molecule has 0 spiro atoms. The molecule has 2 unspecified atom stereocenters. The lowest BCUT2D eigenvalue weighted by molar-refractivity contribution is 0.213. The molecule has 1 fully saturated rings. The number of aromatic nitrogens is 1. The summed E-state index contributed by atoms with van der Waals surface area (Å²) in [6, 6.07) is 4.78. The van der Waals surface area contributed by atoms with E-state index < -0.39 is 26.9 Å². The first kappa shape index (κ1) is 20.3. The molecule has 0 saturated carbocycles. The molecule has 1 aliphatic heterocycles. The Bertz CT molecular complexity index is 1110. The van der Waals surface area contributed by atoms with Crippen molar-refractivity contribution in [2.45, 2.75) is 29.7 Å². The molecular weight excluding hydrogens is 398 g/mol. The van der Waals surface area contributed by atoms with E-state index in [2.05, 4.69) is 11.9 Å². The third-order valence-corrected chi connectivity index (χ3v) is 7.31. The lowest BCUT2D eigenvalue weighted by Crippen LogP contribution is -2.41. The molecule has 4 rings (SSSR count). The van der Waals surface area contributed by atoms with Gasteiger partial charge in [0, 0.05) is 24.1 Å². The number of hydrogen-bond donors (Lipinski definition) is 1. The van der Waals surface area contributed by atoms with E-state index in [0.29, 0.717) is 5.92 Å². The minimum absolute atomic E-state index is 0.00695. The van der Waals surface area contributed by atoms with Crippen LogP contribution in [0.5, 0.6) is 0 Å². The van der Waals surface area contributed by atoms with Gasteiger partial charge in [0.2, 0.25) is 0 Å². The number of hydrogen-bond acceptors (Lipinski definition) is 3. The molecule has 1 saturated heterocycles. The van der Waals surface area contributed by atoms with E-state index in [0.717, 1.165) is 60.6 Å². The van der Waals surface area contributed by atoms with Crippen molar-refractivity contribution >= 4 is 21.0 Å². The zero-order chi connectivity index (χ0) is 21.0. The number of piperidine rings is 1. The maximum atomic E-state index is 16.0. The zero-order valence-corrected chi connectivity index (χ0v) is 17.2. The van der Waals surface area contributed by atoms with Gasteiger partial charge in [-0.15, -0.1) is 0 Å². The second kappa shape index (κ2) is 7.04. The van der Waals surface area contributed by atoms with Gasteiger partial charge >= 0.3 is 0 Å². The average Bonchev–Trinajstić information content (AvgIpc) is 2.97. The molecule has 29 heavy (non-hydrogen) atoms. The molecule has 8 heteroatoms. The van der Waals surface area contributed by atoms with Crippen LogP contribution in [0.1, 0.15) is 29.9 Å². The molecule has 2 aliphatic rings. The normalized spacial score (nSPS) is 26.8. The Hall–Kier alpha value is -2.03. The fourth-order valence-electron chi connectivity index (χ4n) is 4.57. The lowest BCUT2D eigenvalue weighted by Gasteiger charge is -2.31. The molecule has 1 N–H and O–H groups in total. The Morgan fingerprint density at radius 2 is 1.90 bits per heavy atom. The van der Waals surface area contributed by atoms with E-state index in [1.807, 2.05) is 17.8 Å². The summed E-state index contributed by atoms with van der Waals surface area (Å²) in [5, 5.41) is -1.48. The molecule has 1 aromatic carbocycles. The van der Waals surface area contributed by atoms with E-state index in [9.17, 15) is 17.4 Å². The van der Waals surface area contributed by atoms with Gasteiger partial charge in [-0.25, -0.2) is 8.78 Å². The molecule has 0 amide bonds. The predicted molar refractivity (Wildman–Crippen MR) is 109 cm³/mol. The van der Waals surface area contributed by atoms with Gasteiger partial charge in [-0.2, -0.15) is 8.42 Å². The zero-order valence-electron chi connectivity index (χ0n) is 16.3. The van der Waals surface area contributed by atoms with E-state index in [4.69, 9.17) is 0 Å². The maximum Gasteiger partial charge on any atom is 0.278 e. The summed E-state index contributed by atoms with van der Waals surface area (Å²) in [6.07, 6.45) is 6.99. The summed E-state index contributed by atoms with van der Waals surface area (Å²) in [4.78, 5) is 2.27. The van der Waals surface area contributed by atoms with Gasteiger partial charge in [0.1, 0.15) is 5.83 Å². The molecule has 2 aromatic rings. The number of aryl methyl sites for hydroxylation is 1. The van der Waals surface area contributed by atoms with Crippen molar-refractivity contribution in [2.75, 3.05) is 20.1 Å². The third-order valence-electron chi connectivity index (χ3n) is 6.15. The number of benzene rings is 1. The average molecular weight is 422 g/mol. The molecule has 2 heterocycles. The Kier molecular flexibility index (Phi) is 4.91. The predicted octanol–water partition coefficient (Wildman–Crippen LogP) is 3.83. The van der Waals surface area contributed by atoms with Crippen LogP contribution in [0, 0.1) is 0 Å². The van der Waals surface area contributed by atoms with Crippen LogP contribution in [-0.4, -0.2) is 47.8 Å². The first-order chi connectivity index (χ1) is 13.6. The molecule has 0 radical (unpaired) electrons. The number of fused-ring (bicyclic) bond motifs is 1. The second-order valence-electron chi connectivity index (χ2n) is 8.08. The first-order valence-corrected chi connectivity index (χ1v) is 11.1. The lowest BCUT2D eigenvalue weighted by atomic mass is 9.85. The highest BCUT2D eigenvalue weighted by atomic mass is 32.2. The van der Waals surface area contributed by atoms with Gasteiger partial charge in [-0.05, 0) is 74.3 Å². The molecule has 5 nitrogen and oxygen atoms in total. The van der Waals surface area contributed by atoms with Crippen molar-refractivity contribution < 1.29 is 21.8 Å². The number of rotatable bonds is 3. The van der Waals surface area contributed by atoms with Crippen molar-refractivity contribution in [3.05, 3.63) is 59.6 Å². The Morgan fingerprint density at radius 3 is 2.55 bits per heavy atom. The molecule has 2 atom stereocenters. The largest absolute Gasteiger partial charge is 0.350 e. The van der Waals surface area contributed by atoms with Crippen LogP contribution in [-0.2, 0) is 22.8 Å². The second-order valence-corrected chi connectivity index (χ2v) is 9.58. The highest BCUT2D eigenvalue weighted by Gasteiger charge is 2.50. The van der Waals surface area contributed by atoms with E-state index >= 15 is 4.39 Å². The quantitative estimate of drug-likeness (QED) is 0.764. The van der Waals surface area contributed by atoms with Crippen molar-refractivity contribution in [1.82, 2.24) is 9.47 Å². The minimum Gasteiger partial charge on any atom is -0.350 e. The molecule has 1 aliphatic carbocycles. The third kappa shape index (κ3) is 3.43. The Morgan fingerprint density at radius 1 is 1.21 bits per heavy atom. The van der Waals surface area contributed by atoms with Crippen LogP contribution < -0.4 is 0 Å². The summed E-state index contributed by atoms with van der Waals surface area (Å²) < 4.78 is 65.3. The standard InChI is InChI=1S/C21H24F2N2O3S/c1-24-10-7-14(8-11-24)17-13-25(2)19-6-5-15(12-16(17)19)21(23)9-3-4-18(22)20(21)29(26,27)28/h3-6,9,12-14,20H,7-8,10-11H2,1-2H3,(H,26,27,28). The van der Waals surface area contributed by atoms with E-state index in [1.54, 1.807) is 12.1 Å². The smallest absolute Gasteiger partial charge is 0.278 e. The number of nitrogens with zero attached hydrogens (tertiary/aromatic N) is 2. The summed E-state index contributed by atoms with van der Waals surface area (Å²) in [5.74, 6) is -0.905. The Balaban J connectivity index is 1.84. The van der Waals surface area contributed by atoms with Gasteiger partial charge < -0.3 is 9.47 Å². The van der Waals surface area contributed by atoms with Gasteiger partial charge in [-0.3, -0.25) is 4.55 Å². The first-order valence-electron chi connectivity index (χ1n) is 9.59. The SMILES string of the molecule is CN1CCC(c2cn(C)c3ccc(C4(F)C=CC=C(F)C4S(=O)(=O)O)cc23)CC1. The number of alkyl halides is 1. The van der Waals surface area contributed by atoms with Gasteiger partial charge in [0.15, 0.2) is 10.9 Å². The number of halogens is 2. The topological polar surface area (TPSA) is 62.5 Å². The number of allylic oxidation sites excluding steroid dienone is 3. The summed E-state index contributed by atoms with van der Waals surface area (Å²) in [7, 11) is -1.00. The van der Waals surface area contributed by atoms with Gasteiger partial charge in [0.05, 0.1) is 0 Å². The Labute approximate surface area is 169 Å². The summed E-state index contributed by atoms with van der Waals surface area (Å²) in [6.45, 7) is 1.94. The maximum absolute atomic E-state index is 16.0. The van der Waals surface area contributed by atoms with Crippen LogP contribution in [0.4, 0.5) is 8.78 Å². The van der Waals surface area contributed by atoms with Crippen LogP contribution >= 0.6 is 0 Å². The van der Waals surface area contributed by atoms with E-state index in [1.165, 1.54) is 6.07 Å². The monoisotopic (exact) mass is 422 g/mol. The van der Waals surface area contributed by atoms with Gasteiger partial charge in [-0.1, -0.05) is 12.1 Å². The van der Waals surface area contributed by atoms with Crippen LogP contribution in [0.2, 0.25) is 0 Å². The molecule has 156 valence electrons.